The maximum Gasteiger partial charge on any atom is 0.235 e. The number of nitrogens with zero attached hydrogens (tertiary/aromatic N) is 5. The molecule has 1 aromatic carbocycles. The van der Waals surface area contributed by atoms with Gasteiger partial charge in [0.15, 0.2) is 11.5 Å². The Hall–Kier alpha value is -3.52. The molecule has 1 amide bonds. The van der Waals surface area contributed by atoms with Crippen LogP contribution in [0, 0.1) is 0 Å². The van der Waals surface area contributed by atoms with Crippen LogP contribution in [0.4, 0.5) is 11.6 Å². The average Bonchev–Trinajstić information content (AvgIpc) is 3.24. The van der Waals surface area contributed by atoms with E-state index in [1.54, 1.807) is 26.2 Å². The largest absolute Gasteiger partial charge is 0.383 e. The van der Waals surface area contributed by atoms with Gasteiger partial charge in [0, 0.05) is 30.0 Å². The number of nitrogen functional groups attached to an aromatic ring is 1. The third-order valence-electron chi connectivity index (χ3n) is 5.29. The molecule has 0 saturated carbocycles. The maximum atomic E-state index is 12.3. The Kier molecular flexibility index (Phi) is 4.01. The standard InChI is InChI=1S/C21H18ClN7O/c1-21(2)15-16(23)26-17(27-18(15)28-20(21)30)14-10-29-7-6-24-19(29)13(25-14)9-11-4-3-5-12(22)8-11/h3-8,10H,9H2,1-2H3,(H3,23,26,27,28,30). The van der Waals surface area contributed by atoms with Gasteiger partial charge in [-0.25, -0.2) is 19.9 Å². The molecule has 3 N–H and O–H groups in total. The van der Waals surface area contributed by atoms with Gasteiger partial charge in [0.2, 0.25) is 5.91 Å². The summed E-state index contributed by atoms with van der Waals surface area (Å²) < 4.78 is 1.87. The van der Waals surface area contributed by atoms with E-state index in [1.165, 1.54) is 0 Å². The molecule has 3 aromatic heterocycles. The molecule has 150 valence electrons. The van der Waals surface area contributed by atoms with Crippen LogP contribution < -0.4 is 11.1 Å². The van der Waals surface area contributed by atoms with Gasteiger partial charge in [-0.05, 0) is 31.5 Å². The third-order valence-corrected chi connectivity index (χ3v) is 5.53. The highest BCUT2D eigenvalue weighted by Gasteiger charge is 2.42. The van der Waals surface area contributed by atoms with Crippen molar-refractivity contribution in [2.45, 2.75) is 25.7 Å². The minimum Gasteiger partial charge on any atom is -0.383 e. The Morgan fingerprint density at radius 3 is 2.87 bits per heavy atom. The Balaban J connectivity index is 1.63. The Labute approximate surface area is 177 Å². The number of rotatable bonds is 3. The first-order chi connectivity index (χ1) is 14.3. The highest BCUT2D eigenvalue weighted by molar-refractivity contribution is 6.30. The van der Waals surface area contributed by atoms with Crippen LogP contribution >= 0.6 is 11.6 Å². The van der Waals surface area contributed by atoms with Crippen LogP contribution in [0.15, 0.2) is 42.9 Å². The van der Waals surface area contributed by atoms with Gasteiger partial charge in [-0.3, -0.25) is 4.79 Å². The van der Waals surface area contributed by atoms with Crippen molar-refractivity contribution in [1.29, 1.82) is 0 Å². The number of halogens is 1. The monoisotopic (exact) mass is 419 g/mol. The molecule has 4 aromatic rings. The highest BCUT2D eigenvalue weighted by atomic mass is 35.5. The predicted octanol–water partition coefficient (Wildman–Crippen LogP) is 3.24. The molecule has 0 bridgehead atoms. The fourth-order valence-corrected chi connectivity index (χ4v) is 3.95. The van der Waals surface area contributed by atoms with Gasteiger partial charge in [-0.15, -0.1) is 0 Å². The minimum atomic E-state index is -0.780. The van der Waals surface area contributed by atoms with E-state index in [0.717, 1.165) is 16.9 Å². The number of fused-ring (bicyclic) bond motifs is 2. The lowest BCUT2D eigenvalue weighted by Crippen LogP contribution is -2.27. The van der Waals surface area contributed by atoms with E-state index < -0.39 is 5.41 Å². The zero-order chi connectivity index (χ0) is 21.0. The number of anilines is 2. The summed E-state index contributed by atoms with van der Waals surface area (Å²) in [5.74, 6) is 0.876. The van der Waals surface area contributed by atoms with Crippen molar-refractivity contribution in [3.05, 3.63) is 64.7 Å². The smallest absolute Gasteiger partial charge is 0.235 e. The molecule has 0 atom stereocenters. The fraction of sp³-hybridized carbons (Fsp3) is 0.190. The summed E-state index contributed by atoms with van der Waals surface area (Å²) in [5.41, 5.74) is 9.09. The molecule has 0 spiro atoms. The molecule has 1 aliphatic heterocycles. The van der Waals surface area contributed by atoms with Gasteiger partial charge in [0.1, 0.15) is 17.3 Å². The number of carbonyl (C=O) groups is 1. The first-order valence-electron chi connectivity index (χ1n) is 9.40. The van der Waals surface area contributed by atoms with Crippen molar-refractivity contribution in [2.24, 2.45) is 0 Å². The first kappa shape index (κ1) is 18.5. The molecule has 0 radical (unpaired) electrons. The van der Waals surface area contributed by atoms with E-state index in [1.807, 2.05) is 34.9 Å². The number of nitrogens with one attached hydrogen (secondary N) is 1. The number of imidazole rings is 1. The van der Waals surface area contributed by atoms with Crippen LogP contribution in [0.3, 0.4) is 0 Å². The number of hydrogen-bond acceptors (Lipinski definition) is 6. The van der Waals surface area contributed by atoms with E-state index in [9.17, 15) is 4.79 Å². The number of benzene rings is 1. The summed E-state index contributed by atoms with van der Waals surface area (Å²) in [6.45, 7) is 3.60. The zero-order valence-corrected chi connectivity index (χ0v) is 17.1. The Morgan fingerprint density at radius 1 is 1.23 bits per heavy atom. The molecule has 30 heavy (non-hydrogen) atoms. The zero-order valence-electron chi connectivity index (χ0n) is 16.3. The molecular formula is C21H18ClN7O. The van der Waals surface area contributed by atoms with Crippen molar-refractivity contribution in [2.75, 3.05) is 11.1 Å². The first-order valence-corrected chi connectivity index (χ1v) is 9.77. The van der Waals surface area contributed by atoms with Crippen molar-refractivity contribution >= 4 is 34.8 Å². The van der Waals surface area contributed by atoms with Gasteiger partial charge in [0.05, 0.1) is 16.7 Å². The van der Waals surface area contributed by atoms with E-state index in [4.69, 9.17) is 22.3 Å². The fourth-order valence-electron chi connectivity index (χ4n) is 3.74. The molecule has 0 unspecified atom stereocenters. The van der Waals surface area contributed by atoms with Gasteiger partial charge < -0.3 is 15.5 Å². The number of hydrogen-bond donors (Lipinski definition) is 2. The van der Waals surface area contributed by atoms with Crippen molar-refractivity contribution in [1.82, 2.24) is 24.3 Å². The van der Waals surface area contributed by atoms with Gasteiger partial charge in [-0.2, -0.15) is 0 Å². The molecule has 0 saturated heterocycles. The quantitative estimate of drug-likeness (QED) is 0.527. The summed E-state index contributed by atoms with van der Waals surface area (Å²) in [6, 6.07) is 7.62. The summed E-state index contributed by atoms with van der Waals surface area (Å²) in [7, 11) is 0. The Morgan fingerprint density at radius 2 is 2.07 bits per heavy atom. The van der Waals surface area contributed by atoms with Crippen LogP contribution in [-0.2, 0) is 16.6 Å². The van der Waals surface area contributed by atoms with E-state index in [2.05, 4.69) is 20.3 Å². The summed E-state index contributed by atoms with van der Waals surface area (Å²) in [5, 5.41) is 3.46. The lowest BCUT2D eigenvalue weighted by molar-refractivity contribution is -0.119. The maximum absolute atomic E-state index is 12.3. The van der Waals surface area contributed by atoms with Crippen LogP contribution in [0.1, 0.15) is 30.7 Å². The number of carbonyl (C=O) groups excluding carboxylic acids is 1. The highest BCUT2D eigenvalue weighted by Crippen LogP contribution is 2.40. The average molecular weight is 420 g/mol. The molecule has 8 nitrogen and oxygen atoms in total. The number of amides is 1. The summed E-state index contributed by atoms with van der Waals surface area (Å²) >= 11 is 6.13. The second-order valence-corrected chi connectivity index (χ2v) is 8.21. The van der Waals surface area contributed by atoms with Crippen molar-refractivity contribution < 1.29 is 4.79 Å². The molecule has 1 aliphatic rings. The van der Waals surface area contributed by atoms with Gasteiger partial charge in [0.25, 0.3) is 0 Å². The number of aromatic nitrogens is 5. The minimum absolute atomic E-state index is 0.157. The topological polar surface area (TPSA) is 111 Å². The van der Waals surface area contributed by atoms with Crippen LogP contribution in [0.2, 0.25) is 5.02 Å². The molecule has 9 heteroatoms. The van der Waals surface area contributed by atoms with E-state index in [-0.39, 0.29) is 11.7 Å². The second-order valence-electron chi connectivity index (χ2n) is 7.77. The lowest BCUT2D eigenvalue weighted by atomic mass is 9.87. The third kappa shape index (κ3) is 2.88. The van der Waals surface area contributed by atoms with Crippen LogP contribution in [-0.4, -0.2) is 30.2 Å². The van der Waals surface area contributed by atoms with Crippen molar-refractivity contribution in [3.8, 4) is 11.5 Å². The summed E-state index contributed by atoms with van der Waals surface area (Å²) in [4.78, 5) is 30.5. The molecule has 0 aliphatic carbocycles. The van der Waals surface area contributed by atoms with Crippen LogP contribution in [0.5, 0.6) is 0 Å². The van der Waals surface area contributed by atoms with E-state index in [0.29, 0.717) is 34.3 Å². The molecule has 4 heterocycles. The molecule has 0 fully saturated rings. The van der Waals surface area contributed by atoms with Crippen LogP contribution in [0.25, 0.3) is 17.2 Å². The second kappa shape index (κ2) is 6.50. The van der Waals surface area contributed by atoms with E-state index >= 15 is 0 Å². The normalized spacial score (nSPS) is 14.7. The SMILES string of the molecule is CC1(C)C(=O)Nc2nc(-c3cn4ccnc4c(Cc4cccc(Cl)c4)n3)nc(N)c21. The Bertz CT molecular complexity index is 1330. The van der Waals surface area contributed by atoms with Gasteiger partial charge >= 0.3 is 0 Å². The predicted molar refractivity (Wildman–Crippen MR) is 114 cm³/mol. The molecule has 5 rings (SSSR count). The summed E-state index contributed by atoms with van der Waals surface area (Å²) in [6.07, 6.45) is 5.89. The number of nitrogens with two attached hydrogens (primary N) is 1. The molecular weight excluding hydrogens is 402 g/mol. The lowest BCUT2D eigenvalue weighted by Gasteiger charge is -2.16. The van der Waals surface area contributed by atoms with Gasteiger partial charge in [-0.1, -0.05) is 23.7 Å². The van der Waals surface area contributed by atoms with Crippen molar-refractivity contribution in [3.63, 3.8) is 0 Å².